The van der Waals surface area contributed by atoms with Crippen LogP contribution in [0.4, 0.5) is 4.39 Å². The molecular formula is C25H24FNO3. The summed E-state index contributed by atoms with van der Waals surface area (Å²) in [5.41, 5.74) is 3.64. The van der Waals surface area contributed by atoms with Crippen molar-refractivity contribution < 1.29 is 18.4 Å². The molecule has 4 nitrogen and oxygen atoms in total. The predicted molar refractivity (Wildman–Crippen MR) is 113 cm³/mol. The molecule has 4 rings (SSSR count). The van der Waals surface area contributed by atoms with Gasteiger partial charge < -0.3 is 9.32 Å². The number of piperidine rings is 1. The molecule has 0 atom stereocenters. The summed E-state index contributed by atoms with van der Waals surface area (Å²) in [4.78, 5) is 27.5. The summed E-state index contributed by atoms with van der Waals surface area (Å²) in [5, 5.41) is 0. The first-order valence-corrected chi connectivity index (χ1v) is 10.2. The molecule has 1 aliphatic heterocycles. The highest BCUT2D eigenvalue weighted by Crippen LogP contribution is 2.27. The molecule has 0 unspecified atom stereocenters. The van der Waals surface area contributed by atoms with E-state index >= 15 is 0 Å². The van der Waals surface area contributed by atoms with Gasteiger partial charge in [-0.05, 0) is 68.7 Å². The highest BCUT2D eigenvalue weighted by Gasteiger charge is 2.30. The molecule has 0 bridgehead atoms. The second-order valence-corrected chi connectivity index (χ2v) is 7.92. The number of amides is 1. The van der Waals surface area contributed by atoms with E-state index in [4.69, 9.17) is 4.42 Å². The second-order valence-electron chi connectivity index (χ2n) is 7.92. The number of benzene rings is 2. The third-order valence-corrected chi connectivity index (χ3v) is 5.75. The van der Waals surface area contributed by atoms with E-state index in [1.165, 1.54) is 12.1 Å². The largest absolute Gasteiger partial charge is 0.451 e. The molecule has 154 valence electrons. The predicted octanol–water partition coefficient (Wildman–Crippen LogP) is 5.44. The summed E-state index contributed by atoms with van der Waals surface area (Å²) in [6.45, 7) is 5.02. The second kappa shape index (κ2) is 8.27. The lowest BCUT2D eigenvalue weighted by Crippen LogP contribution is -2.40. The number of aryl methyl sites for hydroxylation is 2. The van der Waals surface area contributed by atoms with Gasteiger partial charge >= 0.3 is 0 Å². The summed E-state index contributed by atoms with van der Waals surface area (Å²) in [5.74, 6) is 0.380. The number of ketones is 1. The number of rotatable bonds is 4. The van der Waals surface area contributed by atoms with Gasteiger partial charge in [0, 0.05) is 30.1 Å². The zero-order valence-corrected chi connectivity index (χ0v) is 17.2. The van der Waals surface area contributed by atoms with E-state index in [2.05, 4.69) is 0 Å². The summed E-state index contributed by atoms with van der Waals surface area (Å²) in [6.07, 6.45) is 1.28. The first-order chi connectivity index (χ1) is 14.4. The van der Waals surface area contributed by atoms with Crippen LogP contribution in [0.25, 0.3) is 11.3 Å². The minimum absolute atomic E-state index is 0.0677. The Hall–Kier alpha value is -3.21. The van der Waals surface area contributed by atoms with E-state index in [-0.39, 0.29) is 29.2 Å². The van der Waals surface area contributed by atoms with Crippen LogP contribution in [0.3, 0.4) is 0 Å². The highest BCUT2D eigenvalue weighted by molar-refractivity contribution is 5.99. The number of furan rings is 1. The molecule has 2 aromatic carbocycles. The molecule has 5 heteroatoms. The minimum atomic E-state index is -0.320. The lowest BCUT2D eigenvalue weighted by Gasteiger charge is -2.31. The quantitative estimate of drug-likeness (QED) is 0.543. The third-order valence-electron chi connectivity index (χ3n) is 5.75. The zero-order chi connectivity index (χ0) is 21.3. The highest BCUT2D eigenvalue weighted by atomic mass is 19.1. The van der Waals surface area contributed by atoms with Gasteiger partial charge in [-0.1, -0.05) is 23.8 Å². The number of Topliss-reactive ketones (excluding diaryl/α,β-unsaturated/α-hetero) is 1. The van der Waals surface area contributed by atoms with Gasteiger partial charge in [0.1, 0.15) is 11.6 Å². The van der Waals surface area contributed by atoms with Crippen molar-refractivity contribution in [3.05, 3.63) is 82.9 Å². The lowest BCUT2D eigenvalue weighted by atomic mass is 9.87. The van der Waals surface area contributed by atoms with E-state index in [1.54, 1.807) is 29.2 Å². The Kier molecular flexibility index (Phi) is 5.53. The Morgan fingerprint density at radius 1 is 0.967 bits per heavy atom. The Morgan fingerprint density at radius 2 is 1.67 bits per heavy atom. The van der Waals surface area contributed by atoms with Gasteiger partial charge in [0.05, 0.1) is 0 Å². The molecule has 1 saturated heterocycles. The van der Waals surface area contributed by atoms with Gasteiger partial charge in [0.15, 0.2) is 11.5 Å². The fraction of sp³-hybridized carbons (Fsp3) is 0.280. The van der Waals surface area contributed by atoms with Gasteiger partial charge in [-0.2, -0.15) is 0 Å². The maximum atomic E-state index is 13.1. The summed E-state index contributed by atoms with van der Waals surface area (Å²) in [6, 6.07) is 15.2. The van der Waals surface area contributed by atoms with Crippen molar-refractivity contribution in [1.82, 2.24) is 4.90 Å². The molecule has 0 N–H and O–H groups in total. The number of halogens is 1. The summed E-state index contributed by atoms with van der Waals surface area (Å²) >= 11 is 0. The number of likely N-dealkylation sites (tertiary alicyclic amines) is 1. The van der Waals surface area contributed by atoms with Crippen LogP contribution in [0.15, 0.2) is 59.0 Å². The molecule has 0 saturated carbocycles. The monoisotopic (exact) mass is 405 g/mol. The molecule has 3 aromatic rings. The van der Waals surface area contributed by atoms with Crippen molar-refractivity contribution in [3.8, 4) is 11.3 Å². The number of hydrogen-bond acceptors (Lipinski definition) is 3. The van der Waals surface area contributed by atoms with E-state index in [0.717, 1.165) is 16.7 Å². The third kappa shape index (κ3) is 4.06. The molecule has 2 heterocycles. The minimum Gasteiger partial charge on any atom is -0.451 e. The number of carbonyl (C=O) groups is 2. The smallest absolute Gasteiger partial charge is 0.289 e. The summed E-state index contributed by atoms with van der Waals surface area (Å²) in [7, 11) is 0. The van der Waals surface area contributed by atoms with Crippen molar-refractivity contribution in [2.45, 2.75) is 26.7 Å². The van der Waals surface area contributed by atoms with Crippen LogP contribution in [0.2, 0.25) is 0 Å². The van der Waals surface area contributed by atoms with Crippen molar-refractivity contribution >= 4 is 11.7 Å². The van der Waals surface area contributed by atoms with Gasteiger partial charge in [-0.15, -0.1) is 0 Å². The number of hydrogen-bond donors (Lipinski definition) is 0. The number of nitrogens with zero attached hydrogens (tertiary/aromatic N) is 1. The molecule has 1 aliphatic rings. The van der Waals surface area contributed by atoms with Gasteiger partial charge in [0.25, 0.3) is 5.91 Å². The van der Waals surface area contributed by atoms with Crippen molar-refractivity contribution in [3.63, 3.8) is 0 Å². The molecule has 1 fully saturated rings. The standard InChI is InChI=1S/C25H24FNO3/c1-16-3-8-21(17(2)15-16)24(28)19-11-13-27(14-12-19)25(29)23-10-9-22(30-23)18-4-6-20(26)7-5-18/h3-10,15,19H,11-14H2,1-2H3. The van der Waals surface area contributed by atoms with Gasteiger partial charge in [0.2, 0.25) is 0 Å². The van der Waals surface area contributed by atoms with Crippen molar-refractivity contribution in [2.24, 2.45) is 5.92 Å². The molecule has 30 heavy (non-hydrogen) atoms. The molecular weight excluding hydrogens is 381 g/mol. The Morgan fingerprint density at radius 3 is 2.33 bits per heavy atom. The molecule has 1 amide bonds. The maximum absolute atomic E-state index is 13.1. The van der Waals surface area contributed by atoms with E-state index in [0.29, 0.717) is 37.3 Å². The van der Waals surface area contributed by atoms with Crippen LogP contribution in [0.1, 0.15) is 44.9 Å². The Balaban J connectivity index is 1.40. The Labute approximate surface area is 175 Å². The SMILES string of the molecule is Cc1ccc(C(=O)C2CCN(C(=O)c3ccc(-c4ccc(F)cc4)o3)CC2)c(C)c1. The van der Waals surface area contributed by atoms with Gasteiger partial charge in [-0.3, -0.25) is 9.59 Å². The lowest BCUT2D eigenvalue weighted by molar-refractivity contribution is 0.0625. The maximum Gasteiger partial charge on any atom is 0.289 e. The molecule has 0 radical (unpaired) electrons. The van der Waals surface area contributed by atoms with Crippen LogP contribution in [-0.2, 0) is 0 Å². The van der Waals surface area contributed by atoms with E-state index in [9.17, 15) is 14.0 Å². The normalized spacial score (nSPS) is 14.7. The summed E-state index contributed by atoms with van der Waals surface area (Å²) < 4.78 is 18.8. The molecule has 0 aliphatic carbocycles. The van der Waals surface area contributed by atoms with Crippen LogP contribution in [-0.4, -0.2) is 29.7 Å². The van der Waals surface area contributed by atoms with Crippen LogP contribution < -0.4 is 0 Å². The average Bonchev–Trinajstić information content (AvgIpc) is 3.24. The van der Waals surface area contributed by atoms with E-state index in [1.807, 2.05) is 32.0 Å². The average molecular weight is 405 g/mol. The fourth-order valence-corrected chi connectivity index (χ4v) is 4.03. The van der Waals surface area contributed by atoms with Crippen molar-refractivity contribution in [1.29, 1.82) is 0 Å². The van der Waals surface area contributed by atoms with Crippen LogP contribution >= 0.6 is 0 Å². The van der Waals surface area contributed by atoms with Crippen LogP contribution in [0, 0.1) is 25.6 Å². The topological polar surface area (TPSA) is 50.5 Å². The first kappa shape index (κ1) is 20.1. The zero-order valence-electron chi connectivity index (χ0n) is 17.2. The van der Waals surface area contributed by atoms with Gasteiger partial charge in [-0.25, -0.2) is 4.39 Å². The Bertz CT molecular complexity index is 1080. The number of carbonyl (C=O) groups excluding carboxylic acids is 2. The molecule has 1 aromatic heterocycles. The van der Waals surface area contributed by atoms with Crippen molar-refractivity contribution in [2.75, 3.05) is 13.1 Å². The fourth-order valence-electron chi connectivity index (χ4n) is 4.03. The van der Waals surface area contributed by atoms with E-state index < -0.39 is 0 Å². The molecule has 0 spiro atoms. The van der Waals surface area contributed by atoms with Crippen LogP contribution in [0.5, 0.6) is 0 Å². The first-order valence-electron chi connectivity index (χ1n) is 10.2.